The molecule has 0 aliphatic heterocycles. The van der Waals surface area contributed by atoms with E-state index >= 15 is 0 Å². The van der Waals surface area contributed by atoms with E-state index in [4.69, 9.17) is 5.73 Å². The van der Waals surface area contributed by atoms with Crippen LogP contribution in [-0.2, 0) is 4.79 Å². The largest absolute Gasteiger partial charge is 0.368 e. The number of nitrogens with two attached hydrogens (primary N) is 1. The molecule has 4 N–H and O–H groups in total. The molecular weight excluding hydrogens is 410 g/mol. The summed E-state index contributed by atoms with van der Waals surface area (Å²) in [5.74, 6) is -1.59. The standard InChI is InChI=1S/C20H20F2N6OS/c1-11(30-12(2)18(29)24-14-8-9-15(21)16(22)10-14)17-26-19(23)28-20(27-17)25-13-6-4-3-5-7-13/h3-12H,1-2H3,(H,24,29)(H3,23,25,26,27,28)/t11-,12+/m1/s1. The van der Waals surface area contributed by atoms with Crippen molar-refractivity contribution in [3.8, 4) is 0 Å². The van der Waals surface area contributed by atoms with Crippen LogP contribution in [-0.4, -0.2) is 26.1 Å². The Kier molecular flexibility index (Phi) is 6.78. The van der Waals surface area contributed by atoms with Gasteiger partial charge in [-0.1, -0.05) is 18.2 Å². The Morgan fingerprint density at radius 2 is 1.73 bits per heavy atom. The first kappa shape index (κ1) is 21.4. The van der Waals surface area contributed by atoms with Gasteiger partial charge in [0.15, 0.2) is 11.6 Å². The van der Waals surface area contributed by atoms with Crippen molar-refractivity contribution in [2.75, 3.05) is 16.4 Å². The highest BCUT2D eigenvalue weighted by Gasteiger charge is 2.21. The smallest absolute Gasteiger partial charge is 0.237 e. The molecule has 2 atom stereocenters. The maximum absolute atomic E-state index is 13.3. The van der Waals surface area contributed by atoms with Crippen molar-refractivity contribution in [3.63, 3.8) is 0 Å². The lowest BCUT2D eigenvalue weighted by Crippen LogP contribution is -2.23. The van der Waals surface area contributed by atoms with E-state index in [9.17, 15) is 13.6 Å². The Hall–Kier alpha value is -3.27. The lowest BCUT2D eigenvalue weighted by atomic mass is 10.3. The van der Waals surface area contributed by atoms with Gasteiger partial charge in [-0.25, -0.2) is 8.78 Å². The van der Waals surface area contributed by atoms with Gasteiger partial charge in [0.25, 0.3) is 0 Å². The Bertz CT molecular complexity index is 1040. The van der Waals surface area contributed by atoms with E-state index in [1.807, 2.05) is 37.3 Å². The zero-order valence-corrected chi connectivity index (χ0v) is 17.1. The Balaban J connectivity index is 1.66. The number of anilines is 4. The first-order valence-corrected chi connectivity index (χ1v) is 10.0. The van der Waals surface area contributed by atoms with E-state index in [1.54, 1.807) is 6.92 Å². The molecule has 0 fully saturated rings. The van der Waals surface area contributed by atoms with Crippen LogP contribution in [0.1, 0.15) is 24.9 Å². The molecular formula is C20H20F2N6OS. The molecule has 0 bridgehead atoms. The Morgan fingerprint density at radius 1 is 1.00 bits per heavy atom. The molecule has 1 amide bonds. The van der Waals surface area contributed by atoms with Crippen molar-refractivity contribution in [2.24, 2.45) is 0 Å². The number of nitrogen functional groups attached to an aromatic ring is 1. The van der Waals surface area contributed by atoms with Gasteiger partial charge in [-0.3, -0.25) is 4.79 Å². The van der Waals surface area contributed by atoms with E-state index in [0.717, 1.165) is 17.8 Å². The molecule has 10 heteroatoms. The fraction of sp³-hybridized carbons (Fsp3) is 0.200. The van der Waals surface area contributed by atoms with Crippen molar-refractivity contribution < 1.29 is 13.6 Å². The number of benzene rings is 2. The summed E-state index contributed by atoms with van der Waals surface area (Å²) in [5, 5.41) is 4.83. The van der Waals surface area contributed by atoms with E-state index < -0.39 is 16.9 Å². The highest BCUT2D eigenvalue weighted by atomic mass is 32.2. The van der Waals surface area contributed by atoms with Crippen LogP contribution in [0.25, 0.3) is 0 Å². The fourth-order valence-electron chi connectivity index (χ4n) is 2.54. The number of hydrogen-bond donors (Lipinski definition) is 3. The molecule has 156 valence electrons. The molecule has 3 rings (SSSR count). The Morgan fingerprint density at radius 3 is 2.43 bits per heavy atom. The summed E-state index contributed by atoms with van der Waals surface area (Å²) < 4.78 is 26.4. The SMILES string of the molecule is C[C@H](S[C@H](C)c1nc(N)nc(Nc2ccccc2)n1)C(=O)Nc1ccc(F)c(F)c1. The second-order valence-corrected chi connectivity index (χ2v) is 8.09. The van der Waals surface area contributed by atoms with Gasteiger partial charge in [0, 0.05) is 17.4 Å². The maximum Gasteiger partial charge on any atom is 0.237 e. The number of halogens is 2. The van der Waals surface area contributed by atoms with Crippen LogP contribution in [0, 0.1) is 11.6 Å². The maximum atomic E-state index is 13.3. The highest BCUT2D eigenvalue weighted by molar-refractivity contribution is 8.00. The third kappa shape index (κ3) is 5.63. The van der Waals surface area contributed by atoms with E-state index in [0.29, 0.717) is 11.8 Å². The van der Waals surface area contributed by atoms with E-state index in [-0.39, 0.29) is 22.8 Å². The summed E-state index contributed by atoms with van der Waals surface area (Å²) in [6, 6.07) is 12.6. The molecule has 1 aromatic heterocycles. The van der Waals surface area contributed by atoms with Gasteiger partial charge in [-0.05, 0) is 38.1 Å². The quantitative estimate of drug-likeness (QED) is 0.513. The number of amides is 1. The normalized spacial score (nSPS) is 12.8. The first-order chi connectivity index (χ1) is 14.3. The number of thioether (sulfide) groups is 1. The van der Waals surface area contributed by atoms with Crippen molar-refractivity contribution in [1.29, 1.82) is 0 Å². The molecule has 0 spiro atoms. The summed E-state index contributed by atoms with van der Waals surface area (Å²) in [6.07, 6.45) is 0. The van der Waals surface area contributed by atoms with Gasteiger partial charge in [0.05, 0.1) is 10.5 Å². The molecule has 0 aliphatic rings. The summed E-state index contributed by atoms with van der Waals surface area (Å²) in [5.41, 5.74) is 6.79. The van der Waals surface area contributed by atoms with Crippen molar-refractivity contribution in [1.82, 2.24) is 15.0 Å². The van der Waals surface area contributed by atoms with Crippen LogP contribution in [0.3, 0.4) is 0 Å². The third-order valence-corrected chi connectivity index (χ3v) is 5.27. The number of para-hydroxylation sites is 1. The van der Waals surface area contributed by atoms with Crippen molar-refractivity contribution in [3.05, 3.63) is 66.0 Å². The van der Waals surface area contributed by atoms with Crippen LogP contribution >= 0.6 is 11.8 Å². The van der Waals surface area contributed by atoms with Crippen LogP contribution < -0.4 is 16.4 Å². The number of rotatable bonds is 7. The molecule has 2 aromatic carbocycles. The number of nitrogens with one attached hydrogen (secondary N) is 2. The zero-order chi connectivity index (χ0) is 21.7. The van der Waals surface area contributed by atoms with Gasteiger partial charge in [-0.15, -0.1) is 11.8 Å². The molecule has 0 aliphatic carbocycles. The van der Waals surface area contributed by atoms with Crippen molar-refractivity contribution in [2.45, 2.75) is 24.3 Å². The van der Waals surface area contributed by atoms with Gasteiger partial charge < -0.3 is 16.4 Å². The summed E-state index contributed by atoms with van der Waals surface area (Å²) >= 11 is 1.30. The van der Waals surface area contributed by atoms with Crippen LogP contribution in [0.4, 0.5) is 32.1 Å². The number of nitrogens with zero attached hydrogens (tertiary/aromatic N) is 3. The summed E-state index contributed by atoms with van der Waals surface area (Å²) in [7, 11) is 0. The molecule has 0 radical (unpaired) electrons. The van der Waals surface area contributed by atoms with Gasteiger partial charge >= 0.3 is 0 Å². The number of hydrogen-bond acceptors (Lipinski definition) is 7. The summed E-state index contributed by atoms with van der Waals surface area (Å²) in [6.45, 7) is 3.54. The zero-order valence-electron chi connectivity index (χ0n) is 16.3. The molecule has 0 saturated carbocycles. The second-order valence-electron chi connectivity index (χ2n) is 6.41. The molecule has 0 unspecified atom stereocenters. The molecule has 7 nitrogen and oxygen atoms in total. The molecule has 1 heterocycles. The predicted octanol–water partition coefficient (Wildman–Crippen LogP) is 4.30. The van der Waals surface area contributed by atoms with Crippen molar-refractivity contribution >= 4 is 40.9 Å². The predicted molar refractivity (Wildman–Crippen MR) is 114 cm³/mol. The lowest BCUT2D eigenvalue weighted by molar-refractivity contribution is -0.115. The van der Waals surface area contributed by atoms with Gasteiger partial charge in [0.2, 0.25) is 17.8 Å². The highest BCUT2D eigenvalue weighted by Crippen LogP contribution is 2.31. The van der Waals surface area contributed by atoms with E-state index in [2.05, 4.69) is 25.6 Å². The van der Waals surface area contributed by atoms with Gasteiger partial charge in [0.1, 0.15) is 5.82 Å². The Labute approximate surface area is 176 Å². The monoisotopic (exact) mass is 430 g/mol. The van der Waals surface area contributed by atoms with Crippen LogP contribution in [0.15, 0.2) is 48.5 Å². The number of carbonyl (C=O) groups is 1. The molecule has 3 aromatic rings. The number of aromatic nitrogens is 3. The third-order valence-electron chi connectivity index (χ3n) is 4.03. The average molecular weight is 430 g/mol. The molecule has 0 saturated heterocycles. The lowest BCUT2D eigenvalue weighted by Gasteiger charge is -2.17. The van der Waals surface area contributed by atoms with Gasteiger partial charge in [-0.2, -0.15) is 15.0 Å². The molecule has 30 heavy (non-hydrogen) atoms. The number of carbonyl (C=O) groups excluding carboxylic acids is 1. The fourth-order valence-corrected chi connectivity index (χ4v) is 3.57. The van der Waals surface area contributed by atoms with Crippen LogP contribution in [0.2, 0.25) is 0 Å². The van der Waals surface area contributed by atoms with Crippen LogP contribution in [0.5, 0.6) is 0 Å². The minimum atomic E-state index is -1.03. The first-order valence-electron chi connectivity index (χ1n) is 9.06. The second kappa shape index (κ2) is 9.49. The topological polar surface area (TPSA) is 106 Å². The van der Waals surface area contributed by atoms with E-state index in [1.165, 1.54) is 17.8 Å². The minimum absolute atomic E-state index is 0.0600. The summed E-state index contributed by atoms with van der Waals surface area (Å²) in [4.78, 5) is 25.1. The average Bonchev–Trinajstić information content (AvgIpc) is 2.71. The minimum Gasteiger partial charge on any atom is -0.368 e.